The lowest BCUT2D eigenvalue weighted by atomic mass is 10.4. The van der Waals surface area contributed by atoms with Gasteiger partial charge in [0.2, 0.25) is 0 Å². The number of carbonyl (C=O) groups excluding carboxylic acids is 1. The molecule has 0 spiro atoms. The monoisotopic (exact) mass is 164 g/mol. The minimum atomic E-state index is -0.610. The van der Waals surface area contributed by atoms with Crippen LogP contribution in [0.25, 0.3) is 0 Å². The maximum Gasteiger partial charge on any atom is 0.289 e. The number of aromatic nitrogens is 1. The van der Waals surface area contributed by atoms with Crippen molar-refractivity contribution in [3.8, 4) is 0 Å². The lowest BCUT2D eigenvalue weighted by Crippen LogP contribution is -2.12. The SMILES string of the molecule is C=C(O)C(=O)Nc1ccncc1. The summed E-state index contributed by atoms with van der Waals surface area (Å²) >= 11 is 0. The summed E-state index contributed by atoms with van der Waals surface area (Å²) < 4.78 is 0. The molecule has 0 saturated heterocycles. The average molecular weight is 164 g/mol. The molecule has 4 nitrogen and oxygen atoms in total. The van der Waals surface area contributed by atoms with Crippen LogP contribution in [0.1, 0.15) is 0 Å². The van der Waals surface area contributed by atoms with Crippen molar-refractivity contribution in [3.63, 3.8) is 0 Å². The second kappa shape index (κ2) is 3.52. The third kappa shape index (κ3) is 2.09. The van der Waals surface area contributed by atoms with Crippen molar-refractivity contribution < 1.29 is 9.90 Å². The smallest absolute Gasteiger partial charge is 0.289 e. The van der Waals surface area contributed by atoms with Gasteiger partial charge in [0.05, 0.1) is 0 Å². The molecule has 1 aromatic heterocycles. The van der Waals surface area contributed by atoms with E-state index in [0.29, 0.717) is 5.69 Å². The van der Waals surface area contributed by atoms with Gasteiger partial charge in [-0.2, -0.15) is 0 Å². The van der Waals surface area contributed by atoms with Crippen LogP contribution in [0.2, 0.25) is 0 Å². The predicted octanol–water partition coefficient (Wildman–Crippen LogP) is 1.09. The topological polar surface area (TPSA) is 62.2 Å². The molecule has 62 valence electrons. The number of aliphatic hydroxyl groups is 1. The normalized spacial score (nSPS) is 9.00. The lowest BCUT2D eigenvalue weighted by molar-refractivity contribution is -0.115. The van der Waals surface area contributed by atoms with Crippen molar-refractivity contribution in [2.45, 2.75) is 0 Å². The van der Waals surface area contributed by atoms with Crippen LogP contribution in [0.3, 0.4) is 0 Å². The van der Waals surface area contributed by atoms with E-state index in [1.54, 1.807) is 12.1 Å². The summed E-state index contributed by atoms with van der Waals surface area (Å²) in [6.45, 7) is 3.08. The minimum absolute atomic E-state index is 0.508. The molecule has 4 heteroatoms. The molecule has 0 bridgehead atoms. The van der Waals surface area contributed by atoms with Gasteiger partial charge in [-0.05, 0) is 12.1 Å². The highest BCUT2D eigenvalue weighted by molar-refractivity contribution is 6.01. The van der Waals surface area contributed by atoms with Gasteiger partial charge in [-0.25, -0.2) is 0 Å². The van der Waals surface area contributed by atoms with E-state index in [1.807, 2.05) is 0 Å². The van der Waals surface area contributed by atoms with Crippen LogP contribution in [0.15, 0.2) is 36.9 Å². The number of rotatable bonds is 2. The summed E-state index contributed by atoms with van der Waals surface area (Å²) in [6, 6.07) is 3.22. The van der Waals surface area contributed by atoms with E-state index < -0.39 is 11.7 Å². The molecule has 0 fully saturated rings. The number of hydrogen-bond donors (Lipinski definition) is 2. The van der Waals surface area contributed by atoms with Crippen molar-refractivity contribution in [1.82, 2.24) is 4.98 Å². The van der Waals surface area contributed by atoms with E-state index in [2.05, 4.69) is 16.9 Å². The van der Waals surface area contributed by atoms with E-state index in [4.69, 9.17) is 5.11 Å². The Morgan fingerprint density at radius 3 is 2.58 bits per heavy atom. The predicted molar refractivity (Wildman–Crippen MR) is 44.6 cm³/mol. The summed E-state index contributed by atoms with van der Waals surface area (Å²) in [4.78, 5) is 14.6. The first-order valence-corrected chi connectivity index (χ1v) is 3.29. The van der Waals surface area contributed by atoms with E-state index >= 15 is 0 Å². The fraction of sp³-hybridized carbons (Fsp3) is 0. The Morgan fingerprint density at radius 1 is 1.50 bits per heavy atom. The molecule has 0 atom stereocenters. The zero-order valence-electron chi connectivity index (χ0n) is 6.32. The van der Waals surface area contributed by atoms with Gasteiger partial charge in [0.15, 0.2) is 5.76 Å². The quantitative estimate of drug-likeness (QED) is 0.508. The molecule has 1 amide bonds. The third-order valence-corrected chi connectivity index (χ3v) is 1.20. The second-order valence-corrected chi connectivity index (χ2v) is 2.14. The van der Waals surface area contributed by atoms with Crippen LogP contribution in [0.4, 0.5) is 5.69 Å². The number of anilines is 1. The number of hydrogen-bond acceptors (Lipinski definition) is 3. The van der Waals surface area contributed by atoms with Crippen LogP contribution >= 0.6 is 0 Å². The molecule has 1 aromatic rings. The fourth-order valence-electron chi connectivity index (χ4n) is 0.638. The molecule has 0 aromatic carbocycles. The highest BCUT2D eigenvalue weighted by Gasteiger charge is 2.03. The van der Waals surface area contributed by atoms with Gasteiger partial charge in [-0.1, -0.05) is 6.58 Å². The van der Waals surface area contributed by atoms with Crippen molar-refractivity contribution in [3.05, 3.63) is 36.9 Å². The van der Waals surface area contributed by atoms with E-state index in [1.165, 1.54) is 12.4 Å². The Bertz CT molecular complexity index is 295. The Balaban J connectivity index is 2.65. The second-order valence-electron chi connectivity index (χ2n) is 2.14. The molecule has 1 heterocycles. The number of nitrogens with one attached hydrogen (secondary N) is 1. The molecule has 12 heavy (non-hydrogen) atoms. The number of pyridine rings is 1. The summed E-state index contributed by atoms with van der Waals surface area (Å²) in [5.41, 5.74) is 0.574. The first-order chi connectivity index (χ1) is 5.70. The van der Waals surface area contributed by atoms with Gasteiger partial charge in [0, 0.05) is 18.1 Å². The summed E-state index contributed by atoms with van der Waals surface area (Å²) in [5, 5.41) is 11.1. The average Bonchev–Trinajstić information content (AvgIpc) is 2.06. The van der Waals surface area contributed by atoms with Gasteiger partial charge in [0.1, 0.15) is 0 Å². The Morgan fingerprint density at radius 2 is 2.08 bits per heavy atom. The lowest BCUT2D eigenvalue weighted by Gasteiger charge is -2.01. The standard InChI is InChI=1S/C8H8N2O2/c1-6(11)8(12)10-7-2-4-9-5-3-7/h2-5,11H,1H2,(H,9,10,12). The van der Waals surface area contributed by atoms with Crippen molar-refractivity contribution >= 4 is 11.6 Å². The maximum atomic E-state index is 10.8. The summed E-state index contributed by atoms with van der Waals surface area (Å²) in [6.07, 6.45) is 3.07. The van der Waals surface area contributed by atoms with Crippen LogP contribution in [-0.4, -0.2) is 16.0 Å². The molecule has 2 N–H and O–H groups in total. The van der Waals surface area contributed by atoms with Crippen molar-refractivity contribution in [1.29, 1.82) is 0 Å². The number of aliphatic hydroxyl groups excluding tert-OH is 1. The fourth-order valence-corrected chi connectivity index (χ4v) is 0.638. The molecular formula is C8H8N2O2. The molecule has 0 unspecified atom stereocenters. The van der Waals surface area contributed by atoms with Crippen LogP contribution < -0.4 is 5.32 Å². The van der Waals surface area contributed by atoms with Crippen molar-refractivity contribution in [2.75, 3.05) is 5.32 Å². The third-order valence-electron chi connectivity index (χ3n) is 1.20. The number of carbonyl (C=O) groups is 1. The van der Waals surface area contributed by atoms with Crippen LogP contribution in [-0.2, 0) is 4.79 Å². The van der Waals surface area contributed by atoms with Gasteiger partial charge >= 0.3 is 0 Å². The van der Waals surface area contributed by atoms with Gasteiger partial charge in [-0.15, -0.1) is 0 Å². The Labute approximate surface area is 69.6 Å². The van der Waals surface area contributed by atoms with Gasteiger partial charge in [0.25, 0.3) is 5.91 Å². The molecule has 0 aliphatic heterocycles. The summed E-state index contributed by atoms with van der Waals surface area (Å²) in [7, 11) is 0. The first-order valence-electron chi connectivity index (χ1n) is 3.29. The molecule has 0 aliphatic carbocycles. The highest BCUT2D eigenvalue weighted by Crippen LogP contribution is 2.03. The van der Waals surface area contributed by atoms with Crippen LogP contribution in [0.5, 0.6) is 0 Å². The largest absolute Gasteiger partial charge is 0.503 e. The summed E-state index contributed by atoms with van der Waals surface area (Å²) in [5.74, 6) is -1.12. The van der Waals surface area contributed by atoms with Gasteiger partial charge < -0.3 is 10.4 Å². The first kappa shape index (κ1) is 8.26. The maximum absolute atomic E-state index is 10.8. The molecule has 1 rings (SSSR count). The van der Waals surface area contributed by atoms with Crippen LogP contribution in [0, 0.1) is 0 Å². The molecule has 0 saturated carbocycles. The van der Waals surface area contributed by atoms with E-state index in [0.717, 1.165) is 0 Å². The zero-order valence-corrected chi connectivity index (χ0v) is 6.32. The molecule has 0 aliphatic rings. The zero-order chi connectivity index (χ0) is 8.97. The minimum Gasteiger partial charge on any atom is -0.503 e. The van der Waals surface area contributed by atoms with Crippen molar-refractivity contribution in [2.24, 2.45) is 0 Å². The molecule has 0 radical (unpaired) electrons. The highest BCUT2D eigenvalue weighted by atomic mass is 16.3. The van der Waals surface area contributed by atoms with E-state index in [9.17, 15) is 4.79 Å². The Hall–Kier alpha value is -1.84. The Kier molecular flexibility index (Phi) is 2.42. The van der Waals surface area contributed by atoms with Gasteiger partial charge in [-0.3, -0.25) is 9.78 Å². The number of nitrogens with zero attached hydrogens (tertiary/aromatic N) is 1. The molecular weight excluding hydrogens is 156 g/mol. The number of amides is 1. The van der Waals surface area contributed by atoms with E-state index in [-0.39, 0.29) is 0 Å².